The molecule has 2 nitrogen and oxygen atoms in total. The second kappa shape index (κ2) is 6.72. The first kappa shape index (κ1) is 14.7. The van der Waals surface area contributed by atoms with Crippen molar-refractivity contribution >= 4 is 11.4 Å². The van der Waals surface area contributed by atoms with Crippen LogP contribution in [0.25, 0.3) is 0 Å². The molecule has 2 aliphatic rings. The van der Waals surface area contributed by atoms with Crippen molar-refractivity contribution in [2.45, 2.75) is 58.4 Å². The topological polar surface area (TPSA) is 15.3 Å². The van der Waals surface area contributed by atoms with Crippen LogP contribution in [0.1, 0.15) is 52.4 Å². The Kier molecular flexibility index (Phi) is 4.72. The van der Waals surface area contributed by atoms with Crippen molar-refractivity contribution in [3.63, 3.8) is 0 Å². The van der Waals surface area contributed by atoms with Gasteiger partial charge in [0.1, 0.15) is 0 Å². The van der Waals surface area contributed by atoms with E-state index in [9.17, 15) is 0 Å². The Morgan fingerprint density at radius 3 is 2.38 bits per heavy atom. The van der Waals surface area contributed by atoms with Crippen LogP contribution in [-0.4, -0.2) is 19.1 Å². The van der Waals surface area contributed by atoms with Crippen molar-refractivity contribution in [3.8, 4) is 0 Å². The molecular weight excluding hydrogens is 256 g/mol. The largest absolute Gasteiger partial charge is 0.382 e. The molecular formula is C19H30N2. The van der Waals surface area contributed by atoms with Gasteiger partial charge in [0.15, 0.2) is 0 Å². The molecule has 0 amide bonds. The number of benzene rings is 1. The highest BCUT2D eigenvalue weighted by Crippen LogP contribution is 2.31. The van der Waals surface area contributed by atoms with Crippen LogP contribution >= 0.6 is 0 Å². The number of hydrogen-bond donors (Lipinski definition) is 1. The molecule has 0 bridgehead atoms. The first-order valence-corrected chi connectivity index (χ1v) is 8.84. The Morgan fingerprint density at radius 2 is 1.67 bits per heavy atom. The molecule has 1 aliphatic heterocycles. The smallest absolute Gasteiger partial charge is 0.0367 e. The zero-order valence-corrected chi connectivity index (χ0v) is 13.6. The van der Waals surface area contributed by atoms with E-state index >= 15 is 0 Å². The predicted octanol–water partition coefficient (Wildman–Crippen LogP) is 4.91. The van der Waals surface area contributed by atoms with E-state index in [1.165, 1.54) is 63.0 Å². The third kappa shape index (κ3) is 3.72. The van der Waals surface area contributed by atoms with Crippen molar-refractivity contribution < 1.29 is 0 Å². The summed E-state index contributed by atoms with van der Waals surface area (Å²) in [5.74, 6) is 1.66. The lowest BCUT2D eigenvalue weighted by Gasteiger charge is -2.34. The average molecular weight is 286 g/mol. The van der Waals surface area contributed by atoms with E-state index < -0.39 is 0 Å². The van der Waals surface area contributed by atoms with Gasteiger partial charge in [-0.2, -0.15) is 0 Å². The SMILES string of the molecule is CC1CCC(C)C(Nc2ccc(N3CCCCC3)cc2)C1. The summed E-state index contributed by atoms with van der Waals surface area (Å²) in [5.41, 5.74) is 2.69. The number of hydrogen-bond acceptors (Lipinski definition) is 2. The first-order chi connectivity index (χ1) is 10.2. The van der Waals surface area contributed by atoms with Crippen LogP contribution in [-0.2, 0) is 0 Å². The average Bonchev–Trinajstić information content (AvgIpc) is 2.53. The van der Waals surface area contributed by atoms with Crippen molar-refractivity contribution in [2.75, 3.05) is 23.3 Å². The van der Waals surface area contributed by atoms with Gasteiger partial charge in [-0.15, -0.1) is 0 Å². The summed E-state index contributed by atoms with van der Waals surface area (Å²) in [5, 5.41) is 3.77. The fourth-order valence-corrected chi connectivity index (χ4v) is 3.87. The maximum absolute atomic E-state index is 3.77. The van der Waals surface area contributed by atoms with E-state index in [0.29, 0.717) is 6.04 Å². The minimum Gasteiger partial charge on any atom is -0.382 e. The van der Waals surface area contributed by atoms with Gasteiger partial charge in [-0.05, 0) is 68.2 Å². The van der Waals surface area contributed by atoms with Crippen molar-refractivity contribution in [3.05, 3.63) is 24.3 Å². The molecule has 3 rings (SSSR count). The minimum atomic E-state index is 0.648. The first-order valence-electron chi connectivity index (χ1n) is 8.84. The summed E-state index contributed by atoms with van der Waals surface area (Å²) in [6.45, 7) is 7.24. The highest BCUT2D eigenvalue weighted by atomic mass is 15.1. The summed E-state index contributed by atoms with van der Waals surface area (Å²) in [6, 6.07) is 9.79. The number of nitrogens with zero attached hydrogens (tertiary/aromatic N) is 1. The predicted molar refractivity (Wildman–Crippen MR) is 92.1 cm³/mol. The normalized spacial score (nSPS) is 30.2. The van der Waals surface area contributed by atoms with Gasteiger partial charge in [0, 0.05) is 30.5 Å². The van der Waals surface area contributed by atoms with Crippen LogP contribution in [0.5, 0.6) is 0 Å². The molecule has 116 valence electrons. The molecule has 1 saturated heterocycles. The number of piperidine rings is 1. The molecule has 3 atom stereocenters. The van der Waals surface area contributed by atoms with Gasteiger partial charge in [-0.1, -0.05) is 20.3 Å². The fourth-order valence-electron chi connectivity index (χ4n) is 3.87. The standard InChI is InChI=1S/C19H30N2/c1-15-6-7-16(2)19(14-15)20-17-8-10-18(11-9-17)21-12-4-3-5-13-21/h8-11,15-16,19-20H,3-7,12-14H2,1-2H3. The molecule has 2 heteroatoms. The van der Waals surface area contributed by atoms with Crippen LogP contribution in [0.2, 0.25) is 0 Å². The lowest BCUT2D eigenvalue weighted by Crippen LogP contribution is -2.33. The van der Waals surface area contributed by atoms with Crippen LogP contribution in [0.4, 0.5) is 11.4 Å². The molecule has 1 aromatic rings. The number of rotatable bonds is 3. The number of nitrogens with one attached hydrogen (secondary N) is 1. The number of anilines is 2. The fraction of sp³-hybridized carbons (Fsp3) is 0.684. The van der Waals surface area contributed by atoms with Crippen LogP contribution in [0, 0.1) is 11.8 Å². The second-order valence-corrected chi connectivity index (χ2v) is 7.24. The monoisotopic (exact) mass is 286 g/mol. The molecule has 2 fully saturated rings. The van der Waals surface area contributed by atoms with Gasteiger partial charge in [0.05, 0.1) is 0 Å². The van der Waals surface area contributed by atoms with Crippen molar-refractivity contribution in [2.24, 2.45) is 11.8 Å². The summed E-state index contributed by atoms with van der Waals surface area (Å²) in [4.78, 5) is 2.53. The van der Waals surface area contributed by atoms with Gasteiger partial charge in [0.2, 0.25) is 0 Å². The van der Waals surface area contributed by atoms with Gasteiger partial charge < -0.3 is 10.2 Å². The summed E-state index contributed by atoms with van der Waals surface area (Å²) in [6.07, 6.45) is 8.16. The Morgan fingerprint density at radius 1 is 0.952 bits per heavy atom. The lowest BCUT2D eigenvalue weighted by atomic mass is 9.80. The molecule has 0 aromatic heterocycles. The summed E-state index contributed by atoms with van der Waals surface area (Å²) < 4.78 is 0. The molecule has 0 radical (unpaired) electrons. The molecule has 0 spiro atoms. The maximum Gasteiger partial charge on any atom is 0.0367 e. The quantitative estimate of drug-likeness (QED) is 0.849. The van der Waals surface area contributed by atoms with E-state index in [1.807, 2.05) is 0 Å². The summed E-state index contributed by atoms with van der Waals surface area (Å²) in [7, 11) is 0. The molecule has 21 heavy (non-hydrogen) atoms. The van der Waals surface area contributed by atoms with E-state index in [0.717, 1.165) is 11.8 Å². The molecule has 1 N–H and O–H groups in total. The molecule has 1 aliphatic carbocycles. The molecule has 3 unspecified atom stereocenters. The highest BCUT2D eigenvalue weighted by molar-refractivity contribution is 5.55. The van der Waals surface area contributed by atoms with E-state index in [-0.39, 0.29) is 0 Å². The van der Waals surface area contributed by atoms with Gasteiger partial charge in [0.25, 0.3) is 0 Å². The van der Waals surface area contributed by atoms with Crippen molar-refractivity contribution in [1.29, 1.82) is 0 Å². The maximum atomic E-state index is 3.77. The van der Waals surface area contributed by atoms with E-state index in [4.69, 9.17) is 0 Å². The third-order valence-electron chi connectivity index (χ3n) is 5.40. The highest BCUT2D eigenvalue weighted by Gasteiger charge is 2.25. The van der Waals surface area contributed by atoms with Gasteiger partial charge in [-0.25, -0.2) is 0 Å². The zero-order valence-electron chi connectivity index (χ0n) is 13.6. The van der Waals surface area contributed by atoms with Crippen molar-refractivity contribution in [1.82, 2.24) is 0 Å². The second-order valence-electron chi connectivity index (χ2n) is 7.24. The lowest BCUT2D eigenvalue weighted by molar-refractivity contribution is 0.281. The molecule has 1 saturated carbocycles. The Hall–Kier alpha value is -1.18. The van der Waals surface area contributed by atoms with Crippen LogP contribution in [0.3, 0.4) is 0 Å². The van der Waals surface area contributed by atoms with Crippen LogP contribution < -0.4 is 10.2 Å². The van der Waals surface area contributed by atoms with Gasteiger partial charge in [-0.3, -0.25) is 0 Å². The van der Waals surface area contributed by atoms with Gasteiger partial charge >= 0.3 is 0 Å². The Balaban J connectivity index is 1.61. The third-order valence-corrected chi connectivity index (χ3v) is 5.40. The molecule has 1 heterocycles. The summed E-state index contributed by atoms with van der Waals surface area (Å²) >= 11 is 0. The Labute approximate surface area is 129 Å². The minimum absolute atomic E-state index is 0.648. The Bertz CT molecular complexity index is 433. The van der Waals surface area contributed by atoms with E-state index in [2.05, 4.69) is 48.3 Å². The van der Waals surface area contributed by atoms with Crippen LogP contribution in [0.15, 0.2) is 24.3 Å². The zero-order chi connectivity index (χ0) is 14.7. The molecule has 1 aromatic carbocycles. The van der Waals surface area contributed by atoms with E-state index in [1.54, 1.807) is 0 Å².